The van der Waals surface area contributed by atoms with Crippen LogP contribution in [0.5, 0.6) is 0 Å². The summed E-state index contributed by atoms with van der Waals surface area (Å²) >= 11 is -2.97. The Morgan fingerprint density at radius 3 is 1.06 bits per heavy atom. The van der Waals surface area contributed by atoms with Crippen LogP contribution < -0.4 is 14.3 Å². The van der Waals surface area contributed by atoms with Crippen molar-refractivity contribution < 1.29 is 0 Å². The van der Waals surface area contributed by atoms with Crippen molar-refractivity contribution in [3.05, 3.63) is 48.5 Å². The van der Waals surface area contributed by atoms with E-state index < -0.39 is 39.5 Å². The maximum absolute atomic E-state index is 2.54. The molecule has 0 amide bonds. The maximum atomic E-state index is 2.54. The average molecular weight is 420 g/mol. The summed E-state index contributed by atoms with van der Waals surface area (Å²) in [6, 6.07) is 18.5. The molecule has 0 saturated heterocycles. The van der Waals surface area contributed by atoms with E-state index in [1.807, 2.05) is 0 Å². The van der Waals surface area contributed by atoms with Crippen molar-refractivity contribution in [1.82, 2.24) is 0 Å². The summed E-state index contributed by atoms with van der Waals surface area (Å²) < 4.78 is 7.11. The van der Waals surface area contributed by atoms with Crippen LogP contribution in [-0.4, -0.2) is 39.5 Å². The van der Waals surface area contributed by atoms with Gasteiger partial charge in [0.15, 0.2) is 0 Å². The summed E-state index contributed by atoms with van der Waals surface area (Å²) in [5, 5.41) is 0. The normalized spacial score (nSPS) is 15.6. The first-order valence-electron chi connectivity index (χ1n) is 5.65. The van der Waals surface area contributed by atoms with Crippen LogP contribution in [-0.2, 0) is 0 Å². The van der Waals surface area contributed by atoms with Gasteiger partial charge in [0.05, 0.1) is 0 Å². The van der Waals surface area contributed by atoms with Gasteiger partial charge in [-0.3, -0.25) is 0 Å². The van der Waals surface area contributed by atoms with E-state index >= 15 is 0 Å². The van der Waals surface area contributed by atoms with Gasteiger partial charge in [-0.25, -0.2) is 0 Å². The Hall–Kier alpha value is 0.0374. The Labute approximate surface area is 111 Å². The van der Waals surface area contributed by atoms with Gasteiger partial charge in [-0.15, -0.1) is 0 Å². The molecule has 1 heterocycles. The molecule has 3 rings (SSSR count). The average Bonchev–Trinajstić information content (AvgIpc) is 2.36. The van der Waals surface area contributed by atoms with Crippen LogP contribution in [0.25, 0.3) is 0 Å². The third-order valence-electron chi connectivity index (χ3n) is 3.47. The van der Waals surface area contributed by atoms with Crippen LogP contribution in [0.15, 0.2) is 48.5 Å². The van der Waals surface area contributed by atoms with E-state index in [-0.39, 0.29) is 0 Å². The Balaban J connectivity index is 2.26. The van der Waals surface area contributed by atoms with Gasteiger partial charge in [0.2, 0.25) is 0 Å². The van der Waals surface area contributed by atoms with Gasteiger partial charge in [0.1, 0.15) is 0 Å². The number of fused-ring (bicyclic) bond motifs is 2. The summed E-state index contributed by atoms with van der Waals surface area (Å²) in [5.74, 6) is 0. The molecule has 0 atom stereocenters. The van der Waals surface area contributed by atoms with Crippen molar-refractivity contribution in [2.24, 2.45) is 0 Å². The zero-order valence-electron chi connectivity index (χ0n) is 9.62. The van der Waals surface area contributed by atoms with Crippen LogP contribution in [0, 0.1) is 0 Å². The van der Waals surface area contributed by atoms with Crippen LogP contribution in [0.4, 0.5) is 0 Å². The third kappa shape index (κ3) is 1.65. The molecule has 0 nitrogen and oxygen atoms in total. The van der Waals surface area contributed by atoms with Crippen LogP contribution in [0.1, 0.15) is 0 Å². The second-order valence-electron chi connectivity index (χ2n) is 4.34. The van der Waals surface area contributed by atoms with Crippen molar-refractivity contribution >= 4 is 53.8 Å². The van der Waals surface area contributed by atoms with Gasteiger partial charge in [0.25, 0.3) is 0 Å². The monoisotopic (exact) mass is 422 g/mol. The predicted molar refractivity (Wildman–Crippen MR) is 74.7 cm³/mol. The molecule has 2 radical (unpaired) electrons. The SMILES string of the molecule is [CH3][Sn]1[c]2cccc[c]2[Sn]([CH3])[c]2cccc[c]21. The molecule has 1 aliphatic heterocycles. The summed E-state index contributed by atoms with van der Waals surface area (Å²) in [7, 11) is 0. The first-order valence-corrected chi connectivity index (χ1v) is 17.1. The summed E-state index contributed by atoms with van der Waals surface area (Å²) in [5.41, 5.74) is 0. The summed E-state index contributed by atoms with van der Waals surface area (Å²) in [6.45, 7) is 0. The van der Waals surface area contributed by atoms with Crippen LogP contribution in [0.3, 0.4) is 0 Å². The minimum atomic E-state index is -1.49. The molecule has 0 aromatic heterocycles. The van der Waals surface area contributed by atoms with E-state index in [4.69, 9.17) is 0 Å². The molecule has 1 aliphatic rings. The Morgan fingerprint density at radius 2 is 0.812 bits per heavy atom. The van der Waals surface area contributed by atoms with Crippen LogP contribution >= 0.6 is 0 Å². The van der Waals surface area contributed by atoms with E-state index in [9.17, 15) is 0 Å². The number of rotatable bonds is 0. The molecular formula is C14H14Sn2. The summed E-state index contributed by atoms with van der Waals surface area (Å²) in [6.07, 6.45) is 0. The van der Waals surface area contributed by atoms with Crippen molar-refractivity contribution in [3.63, 3.8) is 0 Å². The van der Waals surface area contributed by atoms with E-state index in [0.29, 0.717) is 0 Å². The summed E-state index contributed by atoms with van der Waals surface area (Å²) in [4.78, 5) is 5.07. The number of hydrogen-bond acceptors (Lipinski definition) is 0. The molecule has 2 heteroatoms. The van der Waals surface area contributed by atoms with Gasteiger partial charge in [-0.2, -0.15) is 0 Å². The minimum absolute atomic E-state index is 1.49. The fourth-order valence-electron chi connectivity index (χ4n) is 2.56. The Bertz CT molecular complexity index is 438. The second kappa shape index (κ2) is 4.37. The molecule has 0 spiro atoms. The fraction of sp³-hybridized carbons (Fsp3) is 0.143. The first-order chi connectivity index (χ1) is 7.79. The van der Waals surface area contributed by atoms with E-state index in [0.717, 1.165) is 0 Å². The quantitative estimate of drug-likeness (QED) is 0.545. The van der Waals surface area contributed by atoms with Crippen molar-refractivity contribution in [2.75, 3.05) is 0 Å². The molecule has 0 aliphatic carbocycles. The van der Waals surface area contributed by atoms with E-state index in [1.165, 1.54) is 0 Å². The molecule has 0 bridgehead atoms. The third-order valence-corrected chi connectivity index (χ3v) is 21.7. The van der Waals surface area contributed by atoms with E-state index in [2.05, 4.69) is 58.4 Å². The molecule has 78 valence electrons. The zero-order chi connectivity index (χ0) is 11.1. The van der Waals surface area contributed by atoms with Gasteiger partial charge in [0, 0.05) is 0 Å². The Morgan fingerprint density at radius 1 is 0.562 bits per heavy atom. The molecule has 0 saturated carbocycles. The number of hydrogen-bond donors (Lipinski definition) is 0. The standard InChI is InChI=1S/2C6H4.2CH3.2Sn/c2*1-2-4-6-5-3-1;;;;/h2*1-4H;2*1H3;;. The molecule has 0 unspecified atom stereocenters. The molecule has 0 fully saturated rings. The zero-order valence-corrected chi connectivity index (χ0v) is 15.3. The topological polar surface area (TPSA) is 0 Å². The molecule has 2 aromatic carbocycles. The number of benzene rings is 2. The Kier molecular flexibility index (Phi) is 3.04. The molecule has 16 heavy (non-hydrogen) atoms. The van der Waals surface area contributed by atoms with Crippen molar-refractivity contribution in [2.45, 2.75) is 9.88 Å². The molecule has 2 aromatic rings. The second-order valence-corrected chi connectivity index (χ2v) is 17.6. The van der Waals surface area contributed by atoms with Crippen LogP contribution in [0.2, 0.25) is 9.88 Å². The van der Waals surface area contributed by atoms with E-state index in [1.54, 1.807) is 14.3 Å². The van der Waals surface area contributed by atoms with Gasteiger partial charge < -0.3 is 0 Å². The van der Waals surface area contributed by atoms with Gasteiger partial charge >= 0.3 is 112 Å². The molecular weight excluding hydrogens is 406 g/mol. The first kappa shape index (κ1) is 11.1. The molecule has 0 N–H and O–H groups in total. The van der Waals surface area contributed by atoms with Gasteiger partial charge in [-0.05, 0) is 0 Å². The fourth-order valence-corrected chi connectivity index (χ4v) is 28.1. The van der Waals surface area contributed by atoms with Crippen molar-refractivity contribution in [1.29, 1.82) is 0 Å². The van der Waals surface area contributed by atoms with Crippen molar-refractivity contribution in [3.8, 4) is 0 Å². The predicted octanol–water partition coefficient (Wildman–Crippen LogP) is 0.478. The van der Waals surface area contributed by atoms with Gasteiger partial charge in [-0.1, -0.05) is 0 Å².